The monoisotopic (exact) mass is 277 g/mol. The van der Waals surface area contributed by atoms with Gasteiger partial charge < -0.3 is 10.0 Å². The van der Waals surface area contributed by atoms with Gasteiger partial charge in [0, 0.05) is 18.5 Å². The first-order valence-electron chi connectivity index (χ1n) is 6.78. The van der Waals surface area contributed by atoms with Crippen LogP contribution in [0.2, 0.25) is 0 Å². The molecule has 0 saturated heterocycles. The van der Waals surface area contributed by atoms with Gasteiger partial charge >= 0.3 is 0 Å². The predicted octanol–water partition coefficient (Wildman–Crippen LogP) is 2.24. The van der Waals surface area contributed by atoms with E-state index >= 15 is 0 Å². The summed E-state index contributed by atoms with van der Waals surface area (Å²) in [4.78, 5) is 13.5. The van der Waals surface area contributed by atoms with Gasteiger partial charge in [0.2, 0.25) is 0 Å². The van der Waals surface area contributed by atoms with Crippen molar-refractivity contribution < 1.29 is 5.11 Å². The third kappa shape index (κ3) is 2.21. The van der Waals surface area contributed by atoms with Gasteiger partial charge in [0.05, 0.1) is 12.0 Å². The summed E-state index contributed by atoms with van der Waals surface area (Å²) in [5.74, 6) is 1.73. The molecule has 0 fully saturated rings. The van der Waals surface area contributed by atoms with Crippen LogP contribution in [0.15, 0.2) is 6.33 Å². The molecule has 0 aliphatic heterocycles. The Bertz CT molecular complexity index is 596. The molecule has 0 spiro atoms. The number of likely N-dealkylation sites (N-methyl/N-ethyl adjacent to an activating group) is 1. The molecule has 4 nitrogen and oxygen atoms in total. The molecule has 0 radical (unpaired) electrons. The molecule has 0 saturated carbocycles. The van der Waals surface area contributed by atoms with E-state index in [1.165, 1.54) is 28.7 Å². The molecule has 1 N–H and O–H groups in total. The van der Waals surface area contributed by atoms with Gasteiger partial charge in [-0.1, -0.05) is 6.92 Å². The molecule has 3 rings (SSSR count). The highest BCUT2D eigenvalue weighted by Crippen LogP contribution is 2.40. The molecule has 1 atom stereocenters. The van der Waals surface area contributed by atoms with Crippen LogP contribution in [-0.2, 0) is 12.8 Å². The van der Waals surface area contributed by atoms with Crippen LogP contribution in [0, 0.1) is 5.92 Å². The molecule has 0 unspecified atom stereocenters. The van der Waals surface area contributed by atoms with Gasteiger partial charge in [-0.05, 0) is 30.7 Å². The van der Waals surface area contributed by atoms with Crippen LogP contribution in [0.5, 0.6) is 0 Å². The number of hydrogen-bond donors (Lipinski definition) is 1. The summed E-state index contributed by atoms with van der Waals surface area (Å²) in [5, 5.41) is 10.3. The van der Waals surface area contributed by atoms with E-state index in [1.807, 2.05) is 23.3 Å². The van der Waals surface area contributed by atoms with Crippen molar-refractivity contribution in [1.82, 2.24) is 9.97 Å². The van der Waals surface area contributed by atoms with Crippen molar-refractivity contribution in [2.24, 2.45) is 5.92 Å². The van der Waals surface area contributed by atoms with Crippen LogP contribution in [0.25, 0.3) is 10.2 Å². The number of fused-ring (bicyclic) bond motifs is 3. The number of aliphatic hydroxyl groups is 1. The first kappa shape index (κ1) is 12.8. The van der Waals surface area contributed by atoms with Gasteiger partial charge in [-0.2, -0.15) is 0 Å². The summed E-state index contributed by atoms with van der Waals surface area (Å²) < 4.78 is 0. The van der Waals surface area contributed by atoms with Crippen LogP contribution in [0.1, 0.15) is 23.8 Å². The van der Waals surface area contributed by atoms with Crippen molar-refractivity contribution in [3.05, 3.63) is 16.8 Å². The molecule has 2 aromatic rings. The summed E-state index contributed by atoms with van der Waals surface area (Å²) in [7, 11) is 1.98. The summed E-state index contributed by atoms with van der Waals surface area (Å²) in [5.41, 5.74) is 1.44. The summed E-state index contributed by atoms with van der Waals surface area (Å²) in [6, 6.07) is 0. The van der Waals surface area contributed by atoms with Gasteiger partial charge in [-0.15, -0.1) is 11.3 Å². The van der Waals surface area contributed by atoms with Crippen LogP contribution in [-0.4, -0.2) is 35.3 Å². The minimum Gasteiger partial charge on any atom is -0.395 e. The van der Waals surface area contributed by atoms with Crippen molar-refractivity contribution in [1.29, 1.82) is 0 Å². The second kappa shape index (κ2) is 5.06. The predicted molar refractivity (Wildman–Crippen MR) is 79.0 cm³/mol. The zero-order valence-corrected chi connectivity index (χ0v) is 12.2. The van der Waals surface area contributed by atoms with E-state index in [-0.39, 0.29) is 6.61 Å². The van der Waals surface area contributed by atoms with Gasteiger partial charge in [0.25, 0.3) is 0 Å². The highest BCUT2D eigenvalue weighted by molar-refractivity contribution is 7.19. The lowest BCUT2D eigenvalue weighted by Crippen LogP contribution is -2.22. The smallest absolute Gasteiger partial charge is 0.140 e. The van der Waals surface area contributed by atoms with E-state index in [4.69, 9.17) is 5.11 Å². The largest absolute Gasteiger partial charge is 0.395 e. The molecular formula is C14H19N3OS. The molecule has 1 aliphatic rings. The van der Waals surface area contributed by atoms with E-state index in [2.05, 4.69) is 16.9 Å². The second-order valence-corrected chi connectivity index (χ2v) is 6.46. The Balaban J connectivity index is 2.13. The zero-order chi connectivity index (χ0) is 13.4. The Labute approximate surface area is 117 Å². The standard InChI is InChI=1S/C14H19N3OS/c1-9-3-4-10-11(7-9)19-14-12(10)13(15-8-16-14)17(2)5-6-18/h8-9,18H,3-7H2,1-2H3/t9-/m1/s1. The van der Waals surface area contributed by atoms with Crippen molar-refractivity contribution in [2.45, 2.75) is 26.2 Å². The lowest BCUT2D eigenvalue weighted by Gasteiger charge is -2.21. The second-order valence-electron chi connectivity index (χ2n) is 5.37. The van der Waals surface area contributed by atoms with Crippen LogP contribution < -0.4 is 4.90 Å². The van der Waals surface area contributed by atoms with Gasteiger partial charge in [0.1, 0.15) is 17.0 Å². The normalized spacial score (nSPS) is 18.6. The Kier molecular flexibility index (Phi) is 3.41. The number of anilines is 1. The van der Waals surface area contributed by atoms with Gasteiger partial charge in [-0.3, -0.25) is 0 Å². The molecule has 19 heavy (non-hydrogen) atoms. The fourth-order valence-corrected chi connectivity index (χ4v) is 4.15. The maximum Gasteiger partial charge on any atom is 0.140 e. The molecule has 0 aromatic carbocycles. The quantitative estimate of drug-likeness (QED) is 0.935. The number of aromatic nitrogens is 2. The summed E-state index contributed by atoms with van der Waals surface area (Å²) in [6.07, 6.45) is 5.18. The van der Waals surface area contributed by atoms with E-state index < -0.39 is 0 Å². The Morgan fingerprint density at radius 2 is 2.32 bits per heavy atom. The number of thiophene rings is 1. The fourth-order valence-electron chi connectivity index (χ4n) is 2.80. The van der Waals surface area contributed by atoms with Crippen molar-refractivity contribution in [3.63, 3.8) is 0 Å². The van der Waals surface area contributed by atoms with Crippen LogP contribution >= 0.6 is 11.3 Å². The zero-order valence-electron chi connectivity index (χ0n) is 11.4. The highest BCUT2D eigenvalue weighted by Gasteiger charge is 2.23. The molecule has 102 valence electrons. The first-order chi connectivity index (χ1) is 9.20. The van der Waals surface area contributed by atoms with Gasteiger partial charge in [0.15, 0.2) is 0 Å². The van der Waals surface area contributed by atoms with E-state index in [0.29, 0.717) is 6.54 Å². The lowest BCUT2D eigenvalue weighted by molar-refractivity contribution is 0.304. The van der Waals surface area contributed by atoms with E-state index in [0.717, 1.165) is 23.0 Å². The third-order valence-electron chi connectivity index (χ3n) is 3.87. The van der Waals surface area contributed by atoms with E-state index in [1.54, 1.807) is 6.33 Å². The maximum absolute atomic E-state index is 9.11. The third-order valence-corrected chi connectivity index (χ3v) is 5.03. The van der Waals surface area contributed by atoms with Crippen LogP contribution in [0.4, 0.5) is 5.82 Å². The molecule has 0 amide bonds. The Morgan fingerprint density at radius 3 is 3.11 bits per heavy atom. The summed E-state index contributed by atoms with van der Waals surface area (Å²) in [6.45, 7) is 3.07. The minimum atomic E-state index is 0.144. The minimum absolute atomic E-state index is 0.144. The molecule has 2 aromatic heterocycles. The maximum atomic E-state index is 9.11. The number of rotatable bonds is 3. The topological polar surface area (TPSA) is 49.2 Å². The van der Waals surface area contributed by atoms with Crippen LogP contribution in [0.3, 0.4) is 0 Å². The fraction of sp³-hybridized carbons (Fsp3) is 0.571. The average molecular weight is 277 g/mol. The van der Waals surface area contributed by atoms with E-state index in [9.17, 15) is 0 Å². The van der Waals surface area contributed by atoms with Gasteiger partial charge in [-0.25, -0.2) is 9.97 Å². The number of nitrogens with zero attached hydrogens (tertiary/aromatic N) is 3. The number of aliphatic hydroxyl groups excluding tert-OH is 1. The molecule has 1 aliphatic carbocycles. The lowest BCUT2D eigenvalue weighted by atomic mass is 9.89. The first-order valence-corrected chi connectivity index (χ1v) is 7.59. The number of aryl methyl sites for hydroxylation is 1. The average Bonchev–Trinajstić information content (AvgIpc) is 2.75. The molecule has 2 heterocycles. The number of hydrogen-bond acceptors (Lipinski definition) is 5. The SMILES string of the molecule is C[C@@H]1CCc2c(sc3ncnc(N(C)CCO)c23)C1. The molecular weight excluding hydrogens is 258 g/mol. The molecule has 0 bridgehead atoms. The highest BCUT2D eigenvalue weighted by atomic mass is 32.1. The molecule has 5 heteroatoms. The van der Waals surface area contributed by atoms with Crippen molar-refractivity contribution in [3.8, 4) is 0 Å². The Hall–Kier alpha value is -1.20. The summed E-state index contributed by atoms with van der Waals surface area (Å²) >= 11 is 1.81. The van der Waals surface area contributed by atoms with Crippen molar-refractivity contribution >= 4 is 27.4 Å². The van der Waals surface area contributed by atoms with Crippen molar-refractivity contribution in [2.75, 3.05) is 25.1 Å². The Morgan fingerprint density at radius 1 is 1.47 bits per heavy atom.